The molecule has 2 heterocycles. The molecular weight excluding hydrogens is 262 g/mol. The third-order valence-corrected chi connectivity index (χ3v) is 3.79. The molecule has 1 aliphatic rings. The first-order chi connectivity index (χ1) is 9.25. The summed E-state index contributed by atoms with van der Waals surface area (Å²) in [5.74, 6) is 0.397. The number of anilines is 1. The third kappa shape index (κ3) is 2.26. The summed E-state index contributed by atoms with van der Waals surface area (Å²) in [6.45, 7) is 0. The lowest BCUT2D eigenvalue weighted by molar-refractivity contribution is -0.124. The van der Waals surface area contributed by atoms with Gasteiger partial charge in [-0.1, -0.05) is 12.1 Å². The van der Waals surface area contributed by atoms with Crippen LogP contribution in [0, 0.1) is 0 Å². The molecule has 0 bridgehead atoms. The second-order valence-corrected chi connectivity index (χ2v) is 5.12. The number of nitrogens with zero attached hydrogens (tertiary/aromatic N) is 2. The van der Waals surface area contributed by atoms with Gasteiger partial charge in [0.05, 0.1) is 22.9 Å². The number of hydrogen-bond donors (Lipinski definition) is 1. The Morgan fingerprint density at radius 1 is 1.05 bits per heavy atom. The molecule has 1 aliphatic heterocycles. The van der Waals surface area contributed by atoms with Crippen LogP contribution in [-0.4, -0.2) is 33.5 Å². The molecule has 1 aromatic carbocycles. The summed E-state index contributed by atoms with van der Waals surface area (Å²) in [6, 6.07) is 9.16. The fraction of sp³-hybridized carbons (Fsp3) is 0.154. The average Bonchev–Trinajstić information content (AvgIpc) is 2.93. The van der Waals surface area contributed by atoms with Gasteiger partial charge in [-0.25, -0.2) is 4.90 Å². The van der Waals surface area contributed by atoms with E-state index in [1.807, 2.05) is 18.2 Å². The van der Waals surface area contributed by atoms with E-state index in [0.29, 0.717) is 17.2 Å². The predicted octanol–water partition coefficient (Wildman–Crippen LogP) is 1.68. The van der Waals surface area contributed by atoms with Crippen molar-refractivity contribution in [3.8, 4) is 11.3 Å². The highest BCUT2D eigenvalue weighted by molar-refractivity contribution is 8.00. The van der Waals surface area contributed by atoms with E-state index in [1.165, 1.54) is 16.7 Å². The van der Waals surface area contributed by atoms with E-state index in [1.54, 1.807) is 18.3 Å². The summed E-state index contributed by atoms with van der Waals surface area (Å²) < 4.78 is 0. The van der Waals surface area contributed by atoms with E-state index < -0.39 is 0 Å². The number of carbonyl (C=O) groups excluding carboxylic acids is 2. The zero-order valence-electron chi connectivity index (χ0n) is 10.00. The number of aromatic amines is 1. The lowest BCUT2D eigenvalue weighted by Gasteiger charge is -2.24. The number of H-pyrrole nitrogens is 1. The Hall–Kier alpha value is -2.08. The first-order valence-corrected chi connectivity index (χ1v) is 6.94. The number of amides is 2. The SMILES string of the molecule is O=C1CSCC(=O)N1c1ccc(-c2ccn[nH]2)cc1. The topological polar surface area (TPSA) is 66.1 Å². The molecule has 0 saturated carbocycles. The summed E-state index contributed by atoms with van der Waals surface area (Å²) in [4.78, 5) is 24.8. The fourth-order valence-corrected chi connectivity index (χ4v) is 2.70. The van der Waals surface area contributed by atoms with Crippen molar-refractivity contribution in [1.29, 1.82) is 0 Å². The number of aromatic nitrogens is 2. The van der Waals surface area contributed by atoms with Crippen molar-refractivity contribution in [2.45, 2.75) is 0 Å². The van der Waals surface area contributed by atoms with Crippen molar-refractivity contribution >= 4 is 29.3 Å². The van der Waals surface area contributed by atoms with E-state index >= 15 is 0 Å². The molecule has 0 unspecified atom stereocenters. The number of rotatable bonds is 2. The Bertz CT molecular complexity index is 591. The predicted molar refractivity (Wildman–Crippen MR) is 73.8 cm³/mol. The van der Waals surface area contributed by atoms with Crippen LogP contribution in [0.4, 0.5) is 5.69 Å². The zero-order valence-corrected chi connectivity index (χ0v) is 10.8. The van der Waals surface area contributed by atoms with Gasteiger partial charge >= 0.3 is 0 Å². The summed E-state index contributed by atoms with van der Waals surface area (Å²) in [6.07, 6.45) is 1.68. The summed E-state index contributed by atoms with van der Waals surface area (Å²) >= 11 is 1.36. The number of imide groups is 1. The Kier molecular flexibility index (Phi) is 3.08. The van der Waals surface area contributed by atoms with Crippen LogP contribution in [0.15, 0.2) is 36.5 Å². The van der Waals surface area contributed by atoms with E-state index in [-0.39, 0.29) is 11.8 Å². The summed E-state index contributed by atoms with van der Waals surface area (Å²) in [7, 11) is 0. The molecule has 0 atom stereocenters. The van der Waals surface area contributed by atoms with Gasteiger partial charge in [-0.2, -0.15) is 5.10 Å². The molecule has 1 N–H and O–H groups in total. The van der Waals surface area contributed by atoms with Gasteiger partial charge in [-0.15, -0.1) is 11.8 Å². The summed E-state index contributed by atoms with van der Waals surface area (Å²) in [5, 5.41) is 6.76. The van der Waals surface area contributed by atoms with Gasteiger partial charge in [0.1, 0.15) is 0 Å². The Morgan fingerprint density at radius 2 is 1.74 bits per heavy atom. The highest BCUT2D eigenvalue weighted by Gasteiger charge is 2.27. The van der Waals surface area contributed by atoms with Gasteiger partial charge in [0, 0.05) is 6.20 Å². The third-order valence-electron chi connectivity index (χ3n) is 2.89. The van der Waals surface area contributed by atoms with Gasteiger partial charge in [0.25, 0.3) is 0 Å². The normalized spacial score (nSPS) is 15.9. The van der Waals surface area contributed by atoms with E-state index in [4.69, 9.17) is 0 Å². The van der Waals surface area contributed by atoms with Gasteiger partial charge in [-0.05, 0) is 23.8 Å². The maximum absolute atomic E-state index is 11.8. The van der Waals surface area contributed by atoms with Crippen LogP contribution in [-0.2, 0) is 9.59 Å². The minimum atomic E-state index is -0.157. The average molecular weight is 273 g/mol. The summed E-state index contributed by atoms with van der Waals surface area (Å²) in [5.41, 5.74) is 2.49. The van der Waals surface area contributed by atoms with Crippen molar-refractivity contribution in [3.05, 3.63) is 36.5 Å². The molecule has 1 aromatic heterocycles. The Labute approximate surface area is 114 Å². The number of carbonyl (C=O) groups is 2. The van der Waals surface area contributed by atoms with Gasteiger partial charge < -0.3 is 0 Å². The van der Waals surface area contributed by atoms with Crippen LogP contribution < -0.4 is 4.90 Å². The molecule has 5 nitrogen and oxygen atoms in total. The highest BCUT2D eigenvalue weighted by atomic mass is 32.2. The van der Waals surface area contributed by atoms with E-state index in [9.17, 15) is 9.59 Å². The maximum Gasteiger partial charge on any atom is 0.243 e. The van der Waals surface area contributed by atoms with Crippen molar-refractivity contribution < 1.29 is 9.59 Å². The molecule has 6 heteroatoms. The molecule has 0 aliphatic carbocycles. The van der Waals surface area contributed by atoms with Crippen LogP contribution in [0.2, 0.25) is 0 Å². The lowest BCUT2D eigenvalue weighted by atomic mass is 10.1. The van der Waals surface area contributed by atoms with Crippen molar-refractivity contribution in [2.24, 2.45) is 0 Å². The zero-order chi connectivity index (χ0) is 13.2. The minimum Gasteiger partial charge on any atom is -0.278 e. The molecule has 3 rings (SSSR count). The fourth-order valence-electron chi connectivity index (χ4n) is 1.99. The van der Waals surface area contributed by atoms with Gasteiger partial charge in [-0.3, -0.25) is 14.7 Å². The van der Waals surface area contributed by atoms with Crippen LogP contribution in [0.3, 0.4) is 0 Å². The molecule has 96 valence electrons. The number of thioether (sulfide) groups is 1. The van der Waals surface area contributed by atoms with Gasteiger partial charge in [0.2, 0.25) is 11.8 Å². The first-order valence-electron chi connectivity index (χ1n) is 5.79. The largest absolute Gasteiger partial charge is 0.278 e. The van der Waals surface area contributed by atoms with Crippen molar-refractivity contribution in [1.82, 2.24) is 10.2 Å². The Balaban J connectivity index is 1.90. The van der Waals surface area contributed by atoms with Crippen LogP contribution >= 0.6 is 11.8 Å². The van der Waals surface area contributed by atoms with Crippen LogP contribution in [0.1, 0.15) is 0 Å². The number of benzene rings is 1. The van der Waals surface area contributed by atoms with Crippen LogP contribution in [0.25, 0.3) is 11.3 Å². The molecule has 2 aromatic rings. The molecule has 1 saturated heterocycles. The molecule has 1 fully saturated rings. The number of hydrogen-bond acceptors (Lipinski definition) is 4. The molecule has 0 radical (unpaired) electrons. The first kappa shape index (κ1) is 12.0. The lowest BCUT2D eigenvalue weighted by Crippen LogP contribution is -2.43. The quantitative estimate of drug-likeness (QED) is 0.845. The monoisotopic (exact) mass is 273 g/mol. The van der Waals surface area contributed by atoms with Crippen LogP contribution in [0.5, 0.6) is 0 Å². The second kappa shape index (κ2) is 4.89. The van der Waals surface area contributed by atoms with E-state index in [0.717, 1.165) is 11.3 Å². The standard InChI is InChI=1S/C13H11N3O2S/c17-12-7-19-8-13(18)16(12)10-3-1-9(2-4-10)11-5-6-14-15-11/h1-6H,7-8H2,(H,14,15). The second-order valence-electron chi connectivity index (χ2n) is 4.13. The maximum atomic E-state index is 11.8. The van der Waals surface area contributed by atoms with Gasteiger partial charge in [0.15, 0.2) is 0 Å². The van der Waals surface area contributed by atoms with Crippen molar-refractivity contribution in [3.63, 3.8) is 0 Å². The minimum absolute atomic E-state index is 0.157. The molecule has 0 spiro atoms. The smallest absolute Gasteiger partial charge is 0.243 e. The Morgan fingerprint density at radius 3 is 2.32 bits per heavy atom. The molecule has 19 heavy (non-hydrogen) atoms. The highest BCUT2D eigenvalue weighted by Crippen LogP contribution is 2.24. The molecular formula is C13H11N3O2S. The molecule has 2 amide bonds. The van der Waals surface area contributed by atoms with Crippen molar-refractivity contribution in [2.75, 3.05) is 16.4 Å². The van der Waals surface area contributed by atoms with E-state index in [2.05, 4.69) is 10.2 Å². The number of nitrogens with one attached hydrogen (secondary N) is 1.